The van der Waals surface area contributed by atoms with Crippen LogP contribution in [0.25, 0.3) is 5.65 Å². The molecule has 0 atom stereocenters. The van der Waals surface area contributed by atoms with Crippen molar-refractivity contribution in [1.29, 1.82) is 0 Å². The molecule has 1 aliphatic carbocycles. The molecule has 0 radical (unpaired) electrons. The van der Waals surface area contributed by atoms with E-state index in [9.17, 15) is 0 Å². The zero-order valence-corrected chi connectivity index (χ0v) is 8.77. The third kappa shape index (κ3) is 1.85. The van der Waals surface area contributed by atoms with Crippen molar-refractivity contribution in [3.8, 4) is 0 Å². The van der Waals surface area contributed by atoms with Gasteiger partial charge in [-0.3, -0.25) is 0 Å². The maximum atomic E-state index is 4.46. The lowest BCUT2D eigenvalue weighted by atomic mass is 10.3. The van der Waals surface area contributed by atoms with Crippen LogP contribution in [0.3, 0.4) is 0 Å². The summed E-state index contributed by atoms with van der Waals surface area (Å²) >= 11 is 0. The Morgan fingerprint density at radius 1 is 1.53 bits per heavy atom. The van der Waals surface area contributed by atoms with Crippen molar-refractivity contribution < 1.29 is 0 Å². The maximum absolute atomic E-state index is 4.46. The summed E-state index contributed by atoms with van der Waals surface area (Å²) in [6.07, 6.45) is 4.55. The fourth-order valence-electron chi connectivity index (χ4n) is 1.63. The molecule has 0 aliphatic heterocycles. The van der Waals surface area contributed by atoms with Gasteiger partial charge in [0.15, 0.2) is 11.5 Å². The molecule has 4 nitrogen and oxygen atoms in total. The van der Waals surface area contributed by atoms with Gasteiger partial charge in [-0.1, -0.05) is 0 Å². The first-order chi connectivity index (χ1) is 7.31. The van der Waals surface area contributed by atoms with Crippen LogP contribution >= 0.6 is 0 Å². The number of fused-ring (bicyclic) bond motifs is 1. The lowest BCUT2D eigenvalue weighted by Crippen LogP contribution is -2.16. The molecule has 2 aromatic rings. The summed E-state index contributed by atoms with van der Waals surface area (Å²) < 4.78 is 1.83. The zero-order chi connectivity index (χ0) is 10.3. The highest BCUT2D eigenvalue weighted by molar-refractivity contribution is 5.39. The van der Waals surface area contributed by atoms with Gasteiger partial charge in [-0.25, -0.2) is 9.50 Å². The Hall–Kier alpha value is -1.42. The first kappa shape index (κ1) is 8.85. The molecule has 78 valence electrons. The summed E-state index contributed by atoms with van der Waals surface area (Å²) in [6, 6.07) is 4.80. The third-order valence-electron chi connectivity index (χ3n) is 2.66. The minimum atomic E-state index is 0.707. The van der Waals surface area contributed by atoms with E-state index in [2.05, 4.69) is 22.3 Å². The molecule has 0 aromatic carbocycles. The average molecular weight is 202 g/mol. The van der Waals surface area contributed by atoms with Gasteiger partial charge < -0.3 is 5.32 Å². The third-order valence-corrected chi connectivity index (χ3v) is 2.66. The molecule has 1 aliphatic rings. The highest BCUT2D eigenvalue weighted by Gasteiger charge is 2.20. The standard InChI is InChI=1S/C11H14N4/c1-8-4-5-15-11(6-8)13-10(14-15)7-12-9-2-3-9/h4-6,9,12H,2-3,7H2,1H3. The van der Waals surface area contributed by atoms with Crippen molar-refractivity contribution in [3.63, 3.8) is 0 Å². The van der Waals surface area contributed by atoms with E-state index in [-0.39, 0.29) is 0 Å². The van der Waals surface area contributed by atoms with Gasteiger partial charge in [0, 0.05) is 12.2 Å². The average Bonchev–Trinajstić information content (AvgIpc) is 2.95. The smallest absolute Gasteiger partial charge is 0.165 e. The predicted octanol–water partition coefficient (Wildman–Crippen LogP) is 1.29. The van der Waals surface area contributed by atoms with Crippen molar-refractivity contribution in [2.45, 2.75) is 32.4 Å². The second kappa shape index (κ2) is 3.31. The number of aryl methyl sites for hydroxylation is 1. The number of hydrogen-bond acceptors (Lipinski definition) is 3. The van der Waals surface area contributed by atoms with Crippen molar-refractivity contribution in [2.24, 2.45) is 0 Å². The second-order valence-corrected chi connectivity index (χ2v) is 4.19. The fourth-order valence-corrected chi connectivity index (χ4v) is 1.63. The van der Waals surface area contributed by atoms with Crippen LogP contribution in [-0.4, -0.2) is 20.6 Å². The molecular formula is C11H14N4. The van der Waals surface area contributed by atoms with Gasteiger partial charge >= 0.3 is 0 Å². The van der Waals surface area contributed by atoms with Gasteiger partial charge in [0.2, 0.25) is 0 Å². The molecule has 0 spiro atoms. The van der Waals surface area contributed by atoms with E-state index in [1.165, 1.54) is 18.4 Å². The van der Waals surface area contributed by atoms with Crippen LogP contribution in [-0.2, 0) is 6.54 Å². The van der Waals surface area contributed by atoms with Crippen molar-refractivity contribution in [3.05, 3.63) is 29.7 Å². The summed E-state index contributed by atoms with van der Waals surface area (Å²) in [7, 11) is 0. The SMILES string of the molecule is Cc1ccn2nc(CNC3CC3)nc2c1. The molecule has 0 saturated heterocycles. The first-order valence-corrected chi connectivity index (χ1v) is 5.36. The number of rotatable bonds is 3. The normalized spacial score (nSPS) is 16.1. The molecule has 15 heavy (non-hydrogen) atoms. The largest absolute Gasteiger partial charge is 0.307 e. The maximum Gasteiger partial charge on any atom is 0.165 e. The van der Waals surface area contributed by atoms with Crippen LogP contribution in [0.15, 0.2) is 18.3 Å². The molecule has 2 aromatic heterocycles. The molecule has 1 saturated carbocycles. The molecule has 0 amide bonds. The number of pyridine rings is 1. The zero-order valence-electron chi connectivity index (χ0n) is 8.77. The van der Waals surface area contributed by atoms with Gasteiger partial charge in [0.1, 0.15) is 0 Å². The fraction of sp³-hybridized carbons (Fsp3) is 0.455. The summed E-state index contributed by atoms with van der Waals surface area (Å²) in [5.41, 5.74) is 2.15. The van der Waals surface area contributed by atoms with E-state index in [1.54, 1.807) is 0 Å². The highest BCUT2D eigenvalue weighted by Crippen LogP contribution is 2.18. The van der Waals surface area contributed by atoms with Crippen LogP contribution in [0.2, 0.25) is 0 Å². The van der Waals surface area contributed by atoms with Gasteiger partial charge in [0.25, 0.3) is 0 Å². The van der Waals surface area contributed by atoms with E-state index >= 15 is 0 Å². The van der Waals surface area contributed by atoms with E-state index in [0.717, 1.165) is 18.0 Å². The molecule has 1 N–H and O–H groups in total. The summed E-state index contributed by atoms with van der Waals surface area (Å²) in [5, 5.41) is 7.81. The van der Waals surface area contributed by atoms with E-state index in [1.807, 2.05) is 22.8 Å². The van der Waals surface area contributed by atoms with E-state index in [4.69, 9.17) is 0 Å². The molecule has 1 fully saturated rings. The predicted molar refractivity (Wildman–Crippen MR) is 57.6 cm³/mol. The monoisotopic (exact) mass is 202 g/mol. The lowest BCUT2D eigenvalue weighted by Gasteiger charge is -1.95. The van der Waals surface area contributed by atoms with Crippen LogP contribution < -0.4 is 5.32 Å². The Bertz CT molecular complexity index is 484. The first-order valence-electron chi connectivity index (χ1n) is 5.36. The van der Waals surface area contributed by atoms with Crippen molar-refractivity contribution in [2.75, 3.05) is 0 Å². The van der Waals surface area contributed by atoms with Crippen molar-refractivity contribution >= 4 is 5.65 Å². The molecule has 0 bridgehead atoms. The minimum absolute atomic E-state index is 0.707. The van der Waals surface area contributed by atoms with Crippen LogP contribution in [0.1, 0.15) is 24.2 Å². The Balaban J connectivity index is 1.84. The molecule has 0 unspecified atom stereocenters. The van der Waals surface area contributed by atoms with Gasteiger partial charge in [-0.05, 0) is 37.5 Å². The Kier molecular flexibility index (Phi) is 1.95. The topological polar surface area (TPSA) is 42.2 Å². The lowest BCUT2D eigenvalue weighted by molar-refractivity contribution is 0.656. The molecule has 2 heterocycles. The number of nitrogens with zero attached hydrogens (tertiary/aromatic N) is 3. The second-order valence-electron chi connectivity index (χ2n) is 4.19. The van der Waals surface area contributed by atoms with Gasteiger partial charge in [0.05, 0.1) is 6.54 Å². The Labute approximate surface area is 88.3 Å². The summed E-state index contributed by atoms with van der Waals surface area (Å²) in [6.45, 7) is 2.85. The van der Waals surface area contributed by atoms with Gasteiger partial charge in [-0.15, -0.1) is 5.10 Å². The van der Waals surface area contributed by atoms with Crippen LogP contribution in [0.5, 0.6) is 0 Å². The van der Waals surface area contributed by atoms with Gasteiger partial charge in [-0.2, -0.15) is 0 Å². The van der Waals surface area contributed by atoms with Crippen molar-refractivity contribution in [1.82, 2.24) is 19.9 Å². The van der Waals surface area contributed by atoms with Crippen LogP contribution in [0, 0.1) is 6.92 Å². The number of nitrogens with one attached hydrogen (secondary N) is 1. The summed E-state index contributed by atoms with van der Waals surface area (Å²) in [4.78, 5) is 4.46. The quantitative estimate of drug-likeness (QED) is 0.815. The Morgan fingerprint density at radius 3 is 3.20 bits per heavy atom. The molecule has 4 heteroatoms. The minimum Gasteiger partial charge on any atom is -0.307 e. The Morgan fingerprint density at radius 2 is 2.40 bits per heavy atom. The number of hydrogen-bond donors (Lipinski definition) is 1. The van der Waals surface area contributed by atoms with E-state index < -0.39 is 0 Å². The highest BCUT2D eigenvalue weighted by atomic mass is 15.3. The number of aromatic nitrogens is 3. The molecular weight excluding hydrogens is 188 g/mol. The van der Waals surface area contributed by atoms with Crippen LogP contribution in [0.4, 0.5) is 0 Å². The molecule has 3 rings (SSSR count). The van der Waals surface area contributed by atoms with E-state index in [0.29, 0.717) is 6.04 Å². The summed E-state index contributed by atoms with van der Waals surface area (Å²) in [5.74, 6) is 0.882.